The van der Waals surface area contributed by atoms with E-state index in [0.29, 0.717) is 16.5 Å². The van der Waals surface area contributed by atoms with Crippen molar-refractivity contribution >= 4 is 35.0 Å². The Morgan fingerprint density at radius 1 is 1.63 bits per heavy atom. The van der Waals surface area contributed by atoms with Gasteiger partial charge in [-0.05, 0) is 31.1 Å². The average Bonchev–Trinajstić information content (AvgIpc) is 2.80. The molecule has 0 radical (unpaired) electrons. The maximum atomic E-state index is 12.2. The van der Waals surface area contributed by atoms with Crippen molar-refractivity contribution in [2.45, 2.75) is 37.5 Å². The van der Waals surface area contributed by atoms with E-state index in [0.717, 1.165) is 25.0 Å². The number of halogens is 1. The summed E-state index contributed by atoms with van der Waals surface area (Å²) in [7, 11) is 0. The van der Waals surface area contributed by atoms with E-state index in [-0.39, 0.29) is 17.1 Å². The van der Waals surface area contributed by atoms with E-state index in [1.165, 1.54) is 12.3 Å². The monoisotopic (exact) mass is 299 g/mol. The molecule has 2 unspecified atom stereocenters. The predicted octanol–water partition coefficient (Wildman–Crippen LogP) is 2.72. The van der Waals surface area contributed by atoms with Crippen molar-refractivity contribution < 1.29 is 4.79 Å². The van der Waals surface area contributed by atoms with E-state index in [2.05, 4.69) is 17.2 Å². The summed E-state index contributed by atoms with van der Waals surface area (Å²) in [5.41, 5.74) is 6.52. The molecule has 2 rings (SSSR count). The lowest BCUT2D eigenvalue weighted by Crippen LogP contribution is -2.33. The smallest absolute Gasteiger partial charge is 0.253 e. The number of aromatic nitrogens is 1. The van der Waals surface area contributed by atoms with Gasteiger partial charge in [-0.2, -0.15) is 11.8 Å². The molecule has 0 aromatic carbocycles. The summed E-state index contributed by atoms with van der Waals surface area (Å²) in [6.07, 6.45) is 4.64. The molecule has 1 aliphatic rings. The Bertz CT molecular complexity index is 469. The van der Waals surface area contributed by atoms with Crippen LogP contribution in [0.15, 0.2) is 12.3 Å². The van der Waals surface area contributed by atoms with Crippen LogP contribution in [0.3, 0.4) is 0 Å². The fraction of sp³-hybridized carbons (Fsp3) is 0.538. The van der Waals surface area contributed by atoms with Gasteiger partial charge in [-0.15, -0.1) is 0 Å². The highest BCUT2D eigenvalue weighted by Gasteiger charge is 2.26. The predicted molar refractivity (Wildman–Crippen MR) is 80.7 cm³/mol. The quantitative estimate of drug-likeness (QED) is 0.839. The van der Waals surface area contributed by atoms with Gasteiger partial charge in [0.2, 0.25) is 0 Å². The van der Waals surface area contributed by atoms with E-state index in [1.54, 1.807) is 0 Å². The molecule has 1 amide bonds. The molecule has 1 saturated carbocycles. The van der Waals surface area contributed by atoms with Crippen molar-refractivity contribution in [3.8, 4) is 0 Å². The lowest BCUT2D eigenvalue weighted by atomic mass is 10.2. The summed E-state index contributed by atoms with van der Waals surface area (Å²) in [5.74, 6) is 0.965. The molecule has 19 heavy (non-hydrogen) atoms. The van der Waals surface area contributed by atoms with Crippen molar-refractivity contribution in [1.29, 1.82) is 0 Å². The molecule has 0 spiro atoms. The van der Waals surface area contributed by atoms with Crippen LogP contribution in [0, 0.1) is 0 Å². The Balaban J connectivity index is 1.96. The van der Waals surface area contributed by atoms with E-state index >= 15 is 0 Å². The highest BCUT2D eigenvalue weighted by atomic mass is 35.5. The number of hydrogen-bond donors (Lipinski definition) is 2. The minimum atomic E-state index is -0.158. The third-order valence-corrected chi connectivity index (χ3v) is 4.71. The average molecular weight is 300 g/mol. The van der Waals surface area contributed by atoms with Crippen LogP contribution in [-0.2, 0) is 0 Å². The molecule has 1 aromatic rings. The Hall–Kier alpha value is -0.940. The number of thioether (sulfide) groups is 1. The zero-order chi connectivity index (χ0) is 13.8. The first-order valence-corrected chi connectivity index (χ1v) is 7.86. The number of nitrogens with two attached hydrogens (primary N) is 1. The fourth-order valence-electron chi connectivity index (χ4n) is 2.36. The number of nitrogens with one attached hydrogen (secondary N) is 1. The maximum absolute atomic E-state index is 12.2. The summed E-state index contributed by atoms with van der Waals surface area (Å²) >= 11 is 7.76. The normalized spacial score (nSPS) is 22.4. The first kappa shape index (κ1) is 14.5. The molecule has 2 atom stereocenters. The molecule has 1 aromatic heterocycles. The molecule has 1 fully saturated rings. The number of anilines is 1. The van der Waals surface area contributed by atoms with Gasteiger partial charge in [-0.3, -0.25) is 4.79 Å². The molecule has 3 N–H and O–H groups in total. The molecule has 1 heterocycles. The fourth-order valence-corrected chi connectivity index (χ4v) is 3.66. The number of hydrogen-bond acceptors (Lipinski definition) is 4. The number of amides is 1. The van der Waals surface area contributed by atoms with Crippen molar-refractivity contribution in [3.63, 3.8) is 0 Å². The molecule has 0 saturated heterocycles. The van der Waals surface area contributed by atoms with Gasteiger partial charge in [0.05, 0.1) is 17.4 Å². The summed E-state index contributed by atoms with van der Waals surface area (Å²) < 4.78 is 0. The first-order chi connectivity index (χ1) is 9.10. The van der Waals surface area contributed by atoms with Crippen LogP contribution in [0.5, 0.6) is 0 Å². The maximum Gasteiger partial charge on any atom is 0.253 e. The number of nitrogen functional groups attached to an aromatic ring is 1. The van der Waals surface area contributed by atoms with Gasteiger partial charge in [0, 0.05) is 11.3 Å². The number of pyridine rings is 1. The minimum absolute atomic E-state index is 0.158. The van der Waals surface area contributed by atoms with Crippen LogP contribution in [0.25, 0.3) is 0 Å². The Morgan fingerprint density at radius 3 is 3.16 bits per heavy atom. The highest BCUT2D eigenvalue weighted by molar-refractivity contribution is 7.99. The van der Waals surface area contributed by atoms with Crippen LogP contribution in [0.2, 0.25) is 5.15 Å². The summed E-state index contributed by atoms with van der Waals surface area (Å²) in [5, 5.41) is 3.98. The topological polar surface area (TPSA) is 68.0 Å². The van der Waals surface area contributed by atoms with Crippen LogP contribution >= 0.6 is 23.4 Å². The van der Waals surface area contributed by atoms with Gasteiger partial charge in [0.15, 0.2) is 0 Å². The molecule has 0 aliphatic heterocycles. The van der Waals surface area contributed by atoms with Crippen molar-refractivity contribution in [1.82, 2.24) is 10.3 Å². The second-order valence-electron chi connectivity index (χ2n) is 4.66. The zero-order valence-electron chi connectivity index (χ0n) is 10.9. The van der Waals surface area contributed by atoms with Crippen LogP contribution in [0.1, 0.15) is 36.5 Å². The van der Waals surface area contributed by atoms with Crippen molar-refractivity contribution in [3.05, 3.63) is 23.0 Å². The second-order valence-corrected chi connectivity index (χ2v) is 6.62. The van der Waals surface area contributed by atoms with Crippen LogP contribution < -0.4 is 11.1 Å². The Labute approximate surface area is 122 Å². The standard InChI is InChI=1S/C13H18ClN3OS/c1-2-19-9-4-3-8(5-9)17-13(18)10-6-12(14)16-7-11(10)15/h6-9H,2-5,15H2,1H3,(H,17,18). The molecule has 6 heteroatoms. The van der Waals surface area contributed by atoms with Gasteiger partial charge in [0.1, 0.15) is 5.15 Å². The number of rotatable bonds is 4. The lowest BCUT2D eigenvalue weighted by Gasteiger charge is -2.14. The zero-order valence-corrected chi connectivity index (χ0v) is 12.4. The first-order valence-electron chi connectivity index (χ1n) is 6.43. The number of carbonyl (C=O) groups is 1. The highest BCUT2D eigenvalue weighted by Crippen LogP contribution is 2.30. The van der Waals surface area contributed by atoms with E-state index < -0.39 is 0 Å². The second kappa shape index (κ2) is 6.48. The molecule has 4 nitrogen and oxygen atoms in total. The molecule has 1 aliphatic carbocycles. The summed E-state index contributed by atoms with van der Waals surface area (Å²) in [6.45, 7) is 2.16. The number of nitrogens with zero attached hydrogens (tertiary/aromatic N) is 1. The van der Waals surface area contributed by atoms with Crippen LogP contribution in [-0.4, -0.2) is 27.9 Å². The van der Waals surface area contributed by atoms with Crippen LogP contribution in [0.4, 0.5) is 5.69 Å². The lowest BCUT2D eigenvalue weighted by molar-refractivity contribution is 0.0939. The number of carbonyl (C=O) groups excluding carboxylic acids is 1. The molecule has 104 valence electrons. The van der Waals surface area contributed by atoms with Gasteiger partial charge in [-0.25, -0.2) is 4.98 Å². The van der Waals surface area contributed by atoms with E-state index in [4.69, 9.17) is 17.3 Å². The minimum Gasteiger partial charge on any atom is -0.397 e. The third-order valence-electron chi connectivity index (χ3n) is 3.27. The van der Waals surface area contributed by atoms with Gasteiger partial charge in [-0.1, -0.05) is 18.5 Å². The molecular weight excluding hydrogens is 282 g/mol. The van der Waals surface area contributed by atoms with Gasteiger partial charge in [0.25, 0.3) is 5.91 Å². The van der Waals surface area contributed by atoms with Gasteiger partial charge >= 0.3 is 0 Å². The van der Waals surface area contributed by atoms with E-state index in [9.17, 15) is 4.79 Å². The summed E-state index contributed by atoms with van der Waals surface area (Å²) in [6, 6.07) is 1.75. The Morgan fingerprint density at radius 2 is 2.42 bits per heavy atom. The summed E-state index contributed by atoms with van der Waals surface area (Å²) in [4.78, 5) is 16.0. The Kier molecular flexibility index (Phi) is 4.93. The SMILES string of the molecule is CCSC1CCC(NC(=O)c2cc(Cl)ncc2N)C1. The molecule has 0 bridgehead atoms. The van der Waals surface area contributed by atoms with Crippen molar-refractivity contribution in [2.75, 3.05) is 11.5 Å². The van der Waals surface area contributed by atoms with Crippen molar-refractivity contribution in [2.24, 2.45) is 0 Å². The van der Waals surface area contributed by atoms with Gasteiger partial charge < -0.3 is 11.1 Å². The molecular formula is C13H18ClN3OS. The largest absolute Gasteiger partial charge is 0.397 e. The third kappa shape index (κ3) is 3.76. The van der Waals surface area contributed by atoms with E-state index in [1.807, 2.05) is 11.8 Å².